The van der Waals surface area contributed by atoms with Crippen molar-refractivity contribution in [2.75, 3.05) is 7.05 Å². The molecule has 2 aromatic carbocycles. The molecule has 2 aromatic heterocycles. The summed E-state index contributed by atoms with van der Waals surface area (Å²) in [5.41, 5.74) is 5.44. The standard InChI is InChI=1S/C20H20N4O/c1-15(23(2)13-17-11-12-25-22-17)16-7-9-18(10-8-16)24-14-21-19-5-3-4-6-20(19)24/h3-12,14-15H,13H2,1-2H3. The molecular weight excluding hydrogens is 312 g/mol. The zero-order chi connectivity index (χ0) is 17.2. The number of nitrogens with zero attached hydrogens (tertiary/aromatic N) is 4. The van der Waals surface area contributed by atoms with E-state index in [0.29, 0.717) is 0 Å². The molecule has 5 nitrogen and oxygen atoms in total. The molecule has 25 heavy (non-hydrogen) atoms. The number of para-hydroxylation sites is 2. The average molecular weight is 332 g/mol. The van der Waals surface area contributed by atoms with Crippen LogP contribution in [0.5, 0.6) is 0 Å². The van der Waals surface area contributed by atoms with Crippen LogP contribution < -0.4 is 0 Å². The Balaban J connectivity index is 1.55. The highest BCUT2D eigenvalue weighted by Crippen LogP contribution is 2.23. The van der Waals surface area contributed by atoms with Gasteiger partial charge in [0.1, 0.15) is 12.6 Å². The van der Waals surface area contributed by atoms with Crippen molar-refractivity contribution in [2.45, 2.75) is 19.5 Å². The fourth-order valence-electron chi connectivity index (χ4n) is 3.04. The fourth-order valence-corrected chi connectivity index (χ4v) is 3.04. The SMILES string of the molecule is CC(c1ccc(-n2cnc3ccccc32)cc1)N(C)Cc1ccon1. The molecular formula is C20H20N4O. The summed E-state index contributed by atoms with van der Waals surface area (Å²) in [7, 11) is 2.09. The molecule has 0 N–H and O–H groups in total. The van der Waals surface area contributed by atoms with Crippen LogP contribution in [0.4, 0.5) is 0 Å². The first-order valence-electron chi connectivity index (χ1n) is 8.34. The van der Waals surface area contributed by atoms with E-state index >= 15 is 0 Å². The summed E-state index contributed by atoms with van der Waals surface area (Å²) in [5, 5.41) is 3.98. The quantitative estimate of drug-likeness (QED) is 0.549. The molecule has 0 saturated heterocycles. The monoisotopic (exact) mass is 332 g/mol. The third-order valence-corrected chi connectivity index (χ3v) is 4.67. The number of hydrogen-bond acceptors (Lipinski definition) is 4. The van der Waals surface area contributed by atoms with Crippen LogP contribution in [0.25, 0.3) is 16.7 Å². The van der Waals surface area contributed by atoms with E-state index in [1.54, 1.807) is 6.26 Å². The number of benzene rings is 2. The van der Waals surface area contributed by atoms with Crippen molar-refractivity contribution < 1.29 is 4.52 Å². The van der Waals surface area contributed by atoms with Gasteiger partial charge in [0.2, 0.25) is 0 Å². The molecule has 1 atom stereocenters. The molecule has 4 aromatic rings. The predicted octanol–water partition coefficient (Wildman–Crippen LogP) is 4.21. The van der Waals surface area contributed by atoms with Crippen LogP contribution in [0.3, 0.4) is 0 Å². The smallest absolute Gasteiger partial charge is 0.124 e. The molecule has 0 aliphatic carbocycles. The van der Waals surface area contributed by atoms with Crippen LogP contribution in [0.2, 0.25) is 0 Å². The Bertz CT molecular complexity index is 957. The number of hydrogen-bond donors (Lipinski definition) is 0. The Kier molecular flexibility index (Phi) is 4.07. The number of aromatic nitrogens is 3. The van der Waals surface area contributed by atoms with Gasteiger partial charge >= 0.3 is 0 Å². The Morgan fingerprint density at radius 1 is 1.08 bits per heavy atom. The van der Waals surface area contributed by atoms with Gasteiger partial charge in [0.05, 0.1) is 16.7 Å². The van der Waals surface area contributed by atoms with Gasteiger partial charge in [-0.15, -0.1) is 0 Å². The maximum Gasteiger partial charge on any atom is 0.124 e. The predicted molar refractivity (Wildman–Crippen MR) is 97.5 cm³/mol. The van der Waals surface area contributed by atoms with Gasteiger partial charge in [0, 0.05) is 24.3 Å². The molecule has 0 fully saturated rings. The zero-order valence-corrected chi connectivity index (χ0v) is 14.3. The molecule has 0 aliphatic heterocycles. The first-order chi connectivity index (χ1) is 12.2. The van der Waals surface area contributed by atoms with Gasteiger partial charge in [0.25, 0.3) is 0 Å². The average Bonchev–Trinajstić information content (AvgIpc) is 3.31. The first-order valence-corrected chi connectivity index (χ1v) is 8.34. The lowest BCUT2D eigenvalue weighted by Crippen LogP contribution is -2.22. The van der Waals surface area contributed by atoms with Crippen molar-refractivity contribution in [3.63, 3.8) is 0 Å². The lowest BCUT2D eigenvalue weighted by molar-refractivity contribution is 0.245. The maximum absolute atomic E-state index is 4.91. The summed E-state index contributed by atoms with van der Waals surface area (Å²) >= 11 is 0. The molecule has 0 aliphatic rings. The Morgan fingerprint density at radius 3 is 2.64 bits per heavy atom. The third kappa shape index (κ3) is 3.06. The summed E-state index contributed by atoms with van der Waals surface area (Å²) < 4.78 is 7.02. The highest BCUT2D eigenvalue weighted by Gasteiger charge is 2.13. The van der Waals surface area contributed by atoms with Gasteiger partial charge in [-0.05, 0) is 43.8 Å². The van der Waals surface area contributed by atoms with Crippen molar-refractivity contribution in [3.05, 3.63) is 78.4 Å². The summed E-state index contributed by atoms with van der Waals surface area (Å²) in [6.07, 6.45) is 3.48. The van der Waals surface area contributed by atoms with Crippen molar-refractivity contribution in [1.29, 1.82) is 0 Å². The van der Waals surface area contributed by atoms with E-state index in [2.05, 4.69) is 63.9 Å². The van der Waals surface area contributed by atoms with E-state index in [1.807, 2.05) is 30.6 Å². The summed E-state index contributed by atoms with van der Waals surface area (Å²) in [6.45, 7) is 2.95. The molecule has 126 valence electrons. The van der Waals surface area contributed by atoms with Crippen LogP contribution in [-0.2, 0) is 6.54 Å². The number of imidazole rings is 1. The third-order valence-electron chi connectivity index (χ3n) is 4.67. The van der Waals surface area contributed by atoms with E-state index < -0.39 is 0 Å². The lowest BCUT2D eigenvalue weighted by atomic mass is 10.1. The summed E-state index contributed by atoms with van der Waals surface area (Å²) in [5.74, 6) is 0. The molecule has 0 amide bonds. The van der Waals surface area contributed by atoms with Gasteiger partial charge in [-0.25, -0.2) is 4.98 Å². The van der Waals surface area contributed by atoms with Crippen molar-refractivity contribution in [1.82, 2.24) is 19.6 Å². The van der Waals surface area contributed by atoms with Crippen LogP contribution in [-0.4, -0.2) is 26.7 Å². The van der Waals surface area contributed by atoms with E-state index in [4.69, 9.17) is 4.52 Å². The van der Waals surface area contributed by atoms with Crippen molar-refractivity contribution in [2.24, 2.45) is 0 Å². The molecule has 1 unspecified atom stereocenters. The van der Waals surface area contributed by atoms with E-state index in [-0.39, 0.29) is 6.04 Å². The van der Waals surface area contributed by atoms with Crippen molar-refractivity contribution in [3.8, 4) is 5.69 Å². The summed E-state index contributed by atoms with van der Waals surface area (Å²) in [6, 6.07) is 19.0. The molecule has 0 saturated carbocycles. The van der Waals surface area contributed by atoms with Gasteiger partial charge in [0.15, 0.2) is 0 Å². The van der Waals surface area contributed by atoms with Gasteiger partial charge in [-0.1, -0.05) is 29.4 Å². The van der Waals surface area contributed by atoms with Gasteiger partial charge < -0.3 is 4.52 Å². The van der Waals surface area contributed by atoms with Crippen LogP contribution in [0.1, 0.15) is 24.2 Å². The Hall–Kier alpha value is -2.92. The fraction of sp³-hybridized carbons (Fsp3) is 0.200. The van der Waals surface area contributed by atoms with Crippen molar-refractivity contribution >= 4 is 11.0 Å². The zero-order valence-electron chi connectivity index (χ0n) is 14.3. The molecule has 5 heteroatoms. The van der Waals surface area contributed by atoms with Crippen LogP contribution >= 0.6 is 0 Å². The molecule has 0 radical (unpaired) electrons. The van der Waals surface area contributed by atoms with E-state index in [1.165, 1.54) is 5.56 Å². The molecule has 2 heterocycles. The minimum atomic E-state index is 0.283. The normalized spacial score (nSPS) is 12.8. The van der Waals surface area contributed by atoms with Crippen LogP contribution in [0, 0.1) is 0 Å². The lowest BCUT2D eigenvalue weighted by Gasteiger charge is -2.24. The maximum atomic E-state index is 4.91. The second kappa shape index (κ2) is 6.53. The number of rotatable bonds is 5. The molecule has 0 spiro atoms. The molecule has 4 rings (SSSR count). The first kappa shape index (κ1) is 15.6. The minimum absolute atomic E-state index is 0.283. The highest BCUT2D eigenvalue weighted by molar-refractivity contribution is 5.77. The topological polar surface area (TPSA) is 47.1 Å². The Morgan fingerprint density at radius 2 is 1.88 bits per heavy atom. The van der Waals surface area contributed by atoms with Gasteiger partial charge in [-0.2, -0.15) is 0 Å². The largest absolute Gasteiger partial charge is 0.364 e. The van der Waals surface area contributed by atoms with E-state index in [0.717, 1.165) is 29.0 Å². The highest BCUT2D eigenvalue weighted by atomic mass is 16.5. The number of fused-ring (bicyclic) bond motifs is 1. The Labute approximate surface area is 146 Å². The summed E-state index contributed by atoms with van der Waals surface area (Å²) in [4.78, 5) is 6.71. The van der Waals surface area contributed by atoms with E-state index in [9.17, 15) is 0 Å². The molecule has 0 bridgehead atoms. The van der Waals surface area contributed by atoms with Crippen LogP contribution in [0.15, 0.2) is 71.7 Å². The minimum Gasteiger partial charge on any atom is -0.364 e. The second-order valence-electron chi connectivity index (χ2n) is 6.28. The van der Waals surface area contributed by atoms with Gasteiger partial charge in [-0.3, -0.25) is 9.47 Å². The second-order valence-corrected chi connectivity index (χ2v) is 6.28.